The molecular weight excluding hydrogens is 392 g/mol. The van der Waals surface area contributed by atoms with Gasteiger partial charge in [0, 0.05) is 37.7 Å². The zero-order valence-corrected chi connectivity index (χ0v) is 16.4. The van der Waals surface area contributed by atoms with Gasteiger partial charge < -0.3 is 29.0 Å². The van der Waals surface area contributed by atoms with Crippen molar-refractivity contribution < 1.29 is 33.6 Å². The zero-order valence-electron chi connectivity index (χ0n) is 16.4. The number of likely N-dealkylation sites (tertiary alicyclic amines) is 1. The third kappa shape index (κ3) is 4.10. The predicted octanol–water partition coefficient (Wildman–Crippen LogP) is 2.90. The van der Waals surface area contributed by atoms with Crippen molar-refractivity contribution in [3.63, 3.8) is 0 Å². The number of rotatable bonds is 4. The number of fused-ring (bicyclic) bond motifs is 1. The van der Waals surface area contributed by atoms with E-state index in [-0.39, 0.29) is 12.7 Å². The topological polar surface area (TPSA) is 107 Å². The van der Waals surface area contributed by atoms with E-state index >= 15 is 0 Å². The summed E-state index contributed by atoms with van der Waals surface area (Å²) in [5.41, 5.74) is 1.10. The van der Waals surface area contributed by atoms with Gasteiger partial charge in [-0.2, -0.15) is 0 Å². The Morgan fingerprint density at radius 1 is 1.23 bits per heavy atom. The monoisotopic (exact) mass is 414 g/mol. The van der Waals surface area contributed by atoms with E-state index in [0.29, 0.717) is 48.7 Å². The van der Waals surface area contributed by atoms with E-state index in [9.17, 15) is 9.59 Å². The zero-order chi connectivity index (χ0) is 21.1. The van der Waals surface area contributed by atoms with Crippen LogP contribution in [0.25, 0.3) is 0 Å². The number of piperidine rings is 1. The van der Waals surface area contributed by atoms with Crippen molar-refractivity contribution in [3.05, 3.63) is 47.8 Å². The van der Waals surface area contributed by atoms with Crippen LogP contribution in [-0.4, -0.2) is 60.0 Å². The maximum absolute atomic E-state index is 11.9. The molecule has 1 fully saturated rings. The summed E-state index contributed by atoms with van der Waals surface area (Å²) in [4.78, 5) is 28.6. The van der Waals surface area contributed by atoms with Gasteiger partial charge in [-0.05, 0) is 18.2 Å². The maximum atomic E-state index is 11.9. The fraction of sp³-hybridized carbons (Fsp3) is 0.381. The van der Waals surface area contributed by atoms with Gasteiger partial charge in [0.1, 0.15) is 24.0 Å². The van der Waals surface area contributed by atoms with Crippen LogP contribution in [0.4, 0.5) is 4.79 Å². The first-order valence-corrected chi connectivity index (χ1v) is 9.65. The number of pyridine rings is 1. The number of ether oxygens (including phenoxy) is 4. The summed E-state index contributed by atoms with van der Waals surface area (Å²) in [6, 6.07) is 6.91. The van der Waals surface area contributed by atoms with Crippen molar-refractivity contribution >= 4 is 12.1 Å². The highest BCUT2D eigenvalue weighted by molar-refractivity contribution is 5.93. The second kappa shape index (κ2) is 8.48. The van der Waals surface area contributed by atoms with Crippen LogP contribution < -0.4 is 14.2 Å². The van der Waals surface area contributed by atoms with E-state index in [1.165, 1.54) is 12.0 Å². The summed E-state index contributed by atoms with van der Waals surface area (Å²) in [6.45, 7) is 1.11. The number of benzene rings is 1. The minimum atomic E-state index is -0.901. The summed E-state index contributed by atoms with van der Waals surface area (Å²) >= 11 is 0. The minimum Gasteiger partial charge on any atom is -0.489 e. The highest BCUT2D eigenvalue weighted by Gasteiger charge is 2.28. The molecule has 3 heterocycles. The van der Waals surface area contributed by atoms with E-state index in [0.717, 1.165) is 5.56 Å². The highest BCUT2D eigenvalue weighted by atomic mass is 16.6. The molecule has 2 aromatic rings. The number of para-hydroxylation sites is 1. The summed E-state index contributed by atoms with van der Waals surface area (Å²) in [5, 5.41) is 9.05. The Balaban J connectivity index is 1.44. The SMILES string of the molecule is COC(=O)c1cccc2c1OCC(c1cncc(OC3CCN(C(=O)O)CC3)c1)O2. The van der Waals surface area contributed by atoms with Crippen LogP contribution in [0.5, 0.6) is 17.2 Å². The van der Waals surface area contributed by atoms with Crippen LogP contribution in [0.1, 0.15) is 34.9 Å². The van der Waals surface area contributed by atoms with E-state index in [4.69, 9.17) is 24.1 Å². The fourth-order valence-corrected chi connectivity index (χ4v) is 3.57. The molecule has 2 aliphatic rings. The Bertz CT molecular complexity index is 941. The van der Waals surface area contributed by atoms with Crippen LogP contribution in [0.3, 0.4) is 0 Å². The molecule has 0 spiro atoms. The average Bonchev–Trinajstić information content (AvgIpc) is 2.78. The largest absolute Gasteiger partial charge is 0.489 e. The Morgan fingerprint density at radius 3 is 2.77 bits per heavy atom. The lowest BCUT2D eigenvalue weighted by Crippen LogP contribution is -2.41. The molecule has 9 nitrogen and oxygen atoms in total. The lowest BCUT2D eigenvalue weighted by atomic mass is 10.1. The molecule has 4 rings (SSSR count). The average molecular weight is 414 g/mol. The van der Waals surface area contributed by atoms with Crippen LogP contribution in [0.15, 0.2) is 36.7 Å². The van der Waals surface area contributed by atoms with Crippen LogP contribution in [0.2, 0.25) is 0 Å². The Hall–Kier alpha value is -3.49. The number of carboxylic acid groups (broad SMARTS) is 1. The smallest absolute Gasteiger partial charge is 0.407 e. The molecule has 1 amide bonds. The normalized spacial score (nSPS) is 18.6. The van der Waals surface area contributed by atoms with Crippen LogP contribution in [-0.2, 0) is 4.74 Å². The second-order valence-electron chi connectivity index (χ2n) is 7.08. The molecule has 1 saturated heterocycles. The van der Waals surface area contributed by atoms with Crippen molar-refractivity contribution in [2.75, 3.05) is 26.8 Å². The second-order valence-corrected chi connectivity index (χ2v) is 7.08. The maximum Gasteiger partial charge on any atom is 0.407 e. The Morgan fingerprint density at radius 2 is 2.03 bits per heavy atom. The minimum absolute atomic E-state index is 0.0653. The molecule has 0 aliphatic carbocycles. The molecule has 1 atom stereocenters. The summed E-state index contributed by atoms with van der Waals surface area (Å²) < 4.78 is 22.6. The Labute approximate surface area is 173 Å². The summed E-state index contributed by atoms with van der Waals surface area (Å²) in [5.74, 6) is 0.937. The summed E-state index contributed by atoms with van der Waals surface area (Å²) in [6.07, 6.45) is 3.19. The molecule has 1 aromatic carbocycles. The predicted molar refractivity (Wildman–Crippen MR) is 104 cm³/mol. The molecule has 1 unspecified atom stereocenters. The molecule has 0 saturated carbocycles. The van der Waals surface area contributed by atoms with Gasteiger partial charge in [-0.1, -0.05) is 6.07 Å². The number of nitrogens with zero attached hydrogens (tertiary/aromatic N) is 2. The highest BCUT2D eigenvalue weighted by Crippen LogP contribution is 2.39. The third-order valence-corrected chi connectivity index (χ3v) is 5.15. The summed E-state index contributed by atoms with van der Waals surface area (Å²) in [7, 11) is 1.32. The molecular formula is C21H22N2O7. The lowest BCUT2D eigenvalue weighted by molar-refractivity contribution is 0.0571. The van der Waals surface area contributed by atoms with Crippen molar-refractivity contribution in [1.29, 1.82) is 0 Å². The van der Waals surface area contributed by atoms with Crippen molar-refractivity contribution in [2.45, 2.75) is 25.0 Å². The number of aromatic nitrogens is 1. The van der Waals surface area contributed by atoms with Gasteiger partial charge in [0.15, 0.2) is 17.6 Å². The van der Waals surface area contributed by atoms with E-state index in [1.54, 1.807) is 30.6 Å². The lowest BCUT2D eigenvalue weighted by Gasteiger charge is -2.30. The van der Waals surface area contributed by atoms with Crippen LogP contribution in [0, 0.1) is 0 Å². The van der Waals surface area contributed by atoms with Gasteiger partial charge in [-0.3, -0.25) is 4.98 Å². The quantitative estimate of drug-likeness (QED) is 0.761. The van der Waals surface area contributed by atoms with E-state index in [2.05, 4.69) is 4.98 Å². The van der Waals surface area contributed by atoms with E-state index in [1.807, 2.05) is 6.07 Å². The van der Waals surface area contributed by atoms with Crippen molar-refractivity contribution in [2.24, 2.45) is 0 Å². The van der Waals surface area contributed by atoms with Crippen molar-refractivity contribution in [3.8, 4) is 17.2 Å². The standard InChI is InChI=1S/C21H22N2O7/c1-27-20(24)16-3-2-4-17-19(16)28-12-18(30-17)13-9-15(11-22-10-13)29-14-5-7-23(8-6-14)21(25)26/h2-4,9-11,14,18H,5-8,12H2,1H3,(H,25,26). The number of hydrogen-bond acceptors (Lipinski definition) is 7. The third-order valence-electron chi connectivity index (χ3n) is 5.15. The number of amides is 1. The van der Waals surface area contributed by atoms with E-state index < -0.39 is 18.2 Å². The first-order chi connectivity index (χ1) is 14.5. The van der Waals surface area contributed by atoms with Gasteiger partial charge in [-0.25, -0.2) is 9.59 Å². The van der Waals surface area contributed by atoms with Gasteiger partial charge in [-0.15, -0.1) is 0 Å². The van der Waals surface area contributed by atoms with Gasteiger partial charge in [0.05, 0.1) is 13.3 Å². The first-order valence-electron chi connectivity index (χ1n) is 9.65. The van der Waals surface area contributed by atoms with Crippen molar-refractivity contribution in [1.82, 2.24) is 9.88 Å². The molecule has 30 heavy (non-hydrogen) atoms. The molecule has 1 aromatic heterocycles. The molecule has 1 N–H and O–H groups in total. The molecule has 158 valence electrons. The molecule has 9 heteroatoms. The Kier molecular flexibility index (Phi) is 5.60. The molecule has 2 aliphatic heterocycles. The van der Waals surface area contributed by atoms with Gasteiger partial charge >= 0.3 is 12.1 Å². The van der Waals surface area contributed by atoms with Crippen LogP contribution >= 0.6 is 0 Å². The number of methoxy groups -OCH3 is 1. The molecule has 0 radical (unpaired) electrons. The number of carbonyl (C=O) groups excluding carboxylic acids is 1. The fourth-order valence-electron chi connectivity index (χ4n) is 3.57. The number of carbonyl (C=O) groups is 2. The first kappa shape index (κ1) is 19.8. The number of esters is 1. The van der Waals surface area contributed by atoms with Gasteiger partial charge in [0.2, 0.25) is 0 Å². The number of hydrogen-bond donors (Lipinski definition) is 1. The van der Waals surface area contributed by atoms with Gasteiger partial charge in [0.25, 0.3) is 0 Å². The molecule has 0 bridgehead atoms.